The van der Waals surface area contributed by atoms with Gasteiger partial charge in [0, 0.05) is 21.8 Å². The third-order valence-corrected chi connectivity index (χ3v) is 5.16. The summed E-state index contributed by atoms with van der Waals surface area (Å²) in [6.07, 6.45) is 0. The van der Waals surface area contributed by atoms with Crippen molar-refractivity contribution in [1.82, 2.24) is 5.16 Å². The second-order valence-electron chi connectivity index (χ2n) is 7.05. The van der Waals surface area contributed by atoms with Crippen molar-refractivity contribution < 1.29 is 18.6 Å². The van der Waals surface area contributed by atoms with Crippen molar-refractivity contribution in [2.24, 2.45) is 0 Å². The van der Waals surface area contributed by atoms with Crippen LogP contribution in [0.1, 0.15) is 23.7 Å². The summed E-state index contributed by atoms with van der Waals surface area (Å²) in [6.45, 7) is 7.46. The zero-order valence-corrected chi connectivity index (χ0v) is 17.4. The number of rotatable bonds is 7. The second kappa shape index (κ2) is 9.20. The summed E-state index contributed by atoms with van der Waals surface area (Å²) in [5.41, 5.74) is 4.13. The maximum Gasteiger partial charge on any atom is 0.279 e. The summed E-state index contributed by atoms with van der Waals surface area (Å²) in [5.74, 6) is 0.232. The van der Waals surface area contributed by atoms with E-state index in [9.17, 15) is 9.18 Å². The molecule has 5 nitrogen and oxygen atoms in total. The van der Waals surface area contributed by atoms with E-state index >= 15 is 0 Å². The molecule has 2 aromatic carbocycles. The third-order valence-electron chi connectivity index (χ3n) is 4.93. The number of amides is 1. The minimum atomic E-state index is -0.298. The number of likely N-dealkylation sites (N-methyl/N-ethyl adjacent to an activating group) is 1. The molecule has 1 atom stereocenters. The fourth-order valence-electron chi connectivity index (χ4n) is 3.10. The predicted molar refractivity (Wildman–Crippen MR) is 112 cm³/mol. The number of aryl methyl sites for hydroxylation is 1. The Kier molecular flexibility index (Phi) is 6.67. The first-order chi connectivity index (χ1) is 13.9. The van der Waals surface area contributed by atoms with E-state index in [4.69, 9.17) is 16.1 Å². The Balaban J connectivity index is 1.67. The van der Waals surface area contributed by atoms with Gasteiger partial charge in [0.05, 0.1) is 6.54 Å². The minimum absolute atomic E-state index is 0.0906. The Bertz CT molecular complexity index is 1000. The van der Waals surface area contributed by atoms with Crippen LogP contribution < -0.4 is 10.2 Å². The number of carbonyl (C=O) groups excluding carboxylic acids is 1. The van der Waals surface area contributed by atoms with Crippen molar-refractivity contribution in [3.05, 3.63) is 70.1 Å². The van der Waals surface area contributed by atoms with E-state index in [-0.39, 0.29) is 11.7 Å². The van der Waals surface area contributed by atoms with Crippen molar-refractivity contribution >= 4 is 23.2 Å². The summed E-state index contributed by atoms with van der Waals surface area (Å²) >= 11 is 6.02. The van der Waals surface area contributed by atoms with Gasteiger partial charge in [0.1, 0.15) is 18.1 Å². The molecular weight excluding hydrogens is 393 g/mol. The lowest BCUT2D eigenvalue weighted by Crippen LogP contribution is -3.11. The molecule has 2 N–H and O–H groups in total. The lowest BCUT2D eigenvalue weighted by Gasteiger charge is -2.17. The van der Waals surface area contributed by atoms with Crippen molar-refractivity contribution in [3.63, 3.8) is 0 Å². The second-order valence-corrected chi connectivity index (χ2v) is 7.49. The number of hydrogen-bond acceptors (Lipinski definition) is 3. The van der Waals surface area contributed by atoms with Crippen LogP contribution in [0.5, 0.6) is 0 Å². The molecule has 0 aliphatic heterocycles. The largest absolute Gasteiger partial charge is 0.356 e. The number of anilines is 1. The highest BCUT2D eigenvalue weighted by molar-refractivity contribution is 6.31. The number of nitrogens with one attached hydrogen (secondary N) is 2. The van der Waals surface area contributed by atoms with Gasteiger partial charge in [-0.25, -0.2) is 4.39 Å². The van der Waals surface area contributed by atoms with Gasteiger partial charge >= 0.3 is 0 Å². The molecule has 3 rings (SSSR count). The van der Waals surface area contributed by atoms with Crippen LogP contribution in [0.3, 0.4) is 0 Å². The first-order valence-electron chi connectivity index (χ1n) is 9.48. The van der Waals surface area contributed by atoms with Gasteiger partial charge < -0.3 is 14.7 Å². The molecule has 0 spiro atoms. The topological polar surface area (TPSA) is 59.6 Å². The van der Waals surface area contributed by atoms with E-state index in [1.807, 2.05) is 26.8 Å². The average molecular weight is 417 g/mol. The van der Waals surface area contributed by atoms with Crippen LogP contribution in [-0.4, -0.2) is 24.2 Å². The highest BCUT2D eigenvalue weighted by atomic mass is 35.5. The third kappa shape index (κ3) is 5.22. The molecule has 0 saturated carbocycles. The molecule has 0 fully saturated rings. The molecule has 0 bridgehead atoms. The smallest absolute Gasteiger partial charge is 0.279 e. The van der Waals surface area contributed by atoms with Gasteiger partial charge in [0.25, 0.3) is 5.91 Å². The number of halogens is 2. The molecule has 1 unspecified atom stereocenters. The molecular formula is C22H24ClFN3O2+. The molecule has 0 radical (unpaired) electrons. The van der Waals surface area contributed by atoms with Crippen LogP contribution in [0, 0.1) is 19.7 Å². The Morgan fingerprint density at radius 2 is 1.93 bits per heavy atom. The molecule has 3 aromatic rings. The molecule has 29 heavy (non-hydrogen) atoms. The molecule has 0 aliphatic rings. The molecule has 0 saturated heterocycles. The van der Waals surface area contributed by atoms with E-state index in [2.05, 4.69) is 10.5 Å². The summed E-state index contributed by atoms with van der Waals surface area (Å²) in [5, 5.41) is 7.69. The SMILES string of the molecule is CC[NH+](CC(=O)Nc1cc(Cl)ccc1C)Cc1noc(-c2ccc(F)cc2)c1C. The van der Waals surface area contributed by atoms with Crippen molar-refractivity contribution in [3.8, 4) is 11.3 Å². The van der Waals surface area contributed by atoms with E-state index in [1.54, 1.807) is 24.3 Å². The Morgan fingerprint density at radius 3 is 2.62 bits per heavy atom. The molecule has 0 aliphatic carbocycles. The van der Waals surface area contributed by atoms with E-state index < -0.39 is 0 Å². The van der Waals surface area contributed by atoms with Crippen LogP contribution in [0.4, 0.5) is 10.1 Å². The van der Waals surface area contributed by atoms with Crippen LogP contribution in [0.2, 0.25) is 5.02 Å². The predicted octanol–water partition coefficient (Wildman–Crippen LogP) is 3.79. The van der Waals surface area contributed by atoms with E-state index in [0.717, 1.165) is 33.8 Å². The van der Waals surface area contributed by atoms with E-state index in [1.165, 1.54) is 12.1 Å². The zero-order chi connectivity index (χ0) is 21.0. The quantitative estimate of drug-likeness (QED) is 0.616. The van der Waals surface area contributed by atoms with Crippen molar-refractivity contribution in [2.75, 3.05) is 18.4 Å². The fourth-order valence-corrected chi connectivity index (χ4v) is 3.28. The minimum Gasteiger partial charge on any atom is -0.356 e. The number of carbonyl (C=O) groups is 1. The normalized spacial score (nSPS) is 12.0. The number of nitrogens with zero attached hydrogens (tertiary/aromatic N) is 1. The maximum absolute atomic E-state index is 13.2. The molecule has 1 aromatic heterocycles. The van der Waals surface area contributed by atoms with Crippen LogP contribution >= 0.6 is 11.6 Å². The Hall–Kier alpha value is -2.70. The fraction of sp³-hybridized carbons (Fsp3) is 0.273. The Labute approximate surface area is 174 Å². The maximum atomic E-state index is 13.2. The summed E-state index contributed by atoms with van der Waals surface area (Å²) in [6, 6.07) is 11.5. The van der Waals surface area contributed by atoms with Gasteiger partial charge in [-0.15, -0.1) is 0 Å². The molecule has 1 heterocycles. The molecule has 7 heteroatoms. The van der Waals surface area contributed by atoms with Gasteiger partial charge in [0.15, 0.2) is 12.3 Å². The van der Waals surface area contributed by atoms with Gasteiger partial charge in [0.2, 0.25) is 0 Å². The molecule has 152 valence electrons. The lowest BCUT2D eigenvalue weighted by molar-refractivity contribution is -0.904. The van der Waals surface area contributed by atoms with Gasteiger partial charge in [-0.05, 0) is 62.7 Å². The lowest BCUT2D eigenvalue weighted by atomic mass is 10.1. The van der Waals surface area contributed by atoms with Crippen LogP contribution in [0.15, 0.2) is 47.0 Å². The number of hydrogen-bond donors (Lipinski definition) is 2. The van der Waals surface area contributed by atoms with E-state index in [0.29, 0.717) is 29.6 Å². The number of quaternary nitrogens is 1. The first kappa shape index (κ1) is 21.0. The highest BCUT2D eigenvalue weighted by Crippen LogP contribution is 2.25. The van der Waals surface area contributed by atoms with Crippen molar-refractivity contribution in [1.29, 1.82) is 0 Å². The van der Waals surface area contributed by atoms with Crippen molar-refractivity contribution in [2.45, 2.75) is 27.3 Å². The Morgan fingerprint density at radius 1 is 1.21 bits per heavy atom. The van der Waals surface area contributed by atoms with Gasteiger partial charge in [-0.1, -0.05) is 22.8 Å². The zero-order valence-electron chi connectivity index (χ0n) is 16.7. The number of benzene rings is 2. The summed E-state index contributed by atoms with van der Waals surface area (Å²) in [4.78, 5) is 13.6. The summed E-state index contributed by atoms with van der Waals surface area (Å²) in [7, 11) is 0. The summed E-state index contributed by atoms with van der Waals surface area (Å²) < 4.78 is 18.7. The van der Waals surface area contributed by atoms with Gasteiger partial charge in [-0.2, -0.15) is 0 Å². The standard InChI is InChI=1S/C22H23ClFN3O2/c1-4-27(13-21(28)25-19-11-17(23)8-5-14(19)2)12-20-15(3)22(29-26-20)16-6-9-18(24)10-7-16/h5-11H,4,12-13H2,1-3H3,(H,25,28)/p+1. The highest BCUT2D eigenvalue weighted by Gasteiger charge is 2.20. The van der Waals surface area contributed by atoms with Gasteiger partial charge in [-0.3, -0.25) is 4.79 Å². The average Bonchev–Trinajstić information content (AvgIpc) is 3.05. The van der Waals surface area contributed by atoms with Crippen LogP contribution in [0.25, 0.3) is 11.3 Å². The monoisotopic (exact) mass is 416 g/mol. The number of aromatic nitrogens is 1. The molecule has 1 amide bonds. The van der Waals surface area contributed by atoms with Crippen LogP contribution in [-0.2, 0) is 11.3 Å². The first-order valence-corrected chi connectivity index (χ1v) is 9.85.